The summed E-state index contributed by atoms with van der Waals surface area (Å²) in [7, 11) is 0. The number of hydrogen-bond acceptors (Lipinski definition) is 2. The van der Waals surface area contributed by atoms with Crippen LogP contribution in [0.5, 0.6) is 0 Å². The summed E-state index contributed by atoms with van der Waals surface area (Å²) < 4.78 is 4.62. The zero-order chi connectivity index (χ0) is 7.11. The quantitative estimate of drug-likeness (QED) is 0.323. The monoisotopic (exact) mass is 127 g/mol. The molecule has 1 radical (unpaired) electrons. The number of carbonyl (C=O) groups is 1. The molecule has 0 aromatic carbocycles. The Balaban J connectivity index is 3.07. The van der Waals surface area contributed by atoms with Gasteiger partial charge in [-0.15, -0.1) is 0 Å². The van der Waals surface area contributed by atoms with Crippen LogP contribution < -0.4 is 0 Å². The first-order chi connectivity index (χ1) is 4.31. The summed E-state index contributed by atoms with van der Waals surface area (Å²) in [6.45, 7) is 5.63. The first-order valence-electron chi connectivity index (χ1n) is 2.92. The summed E-state index contributed by atoms with van der Waals surface area (Å²) in [6, 6.07) is 0. The van der Waals surface area contributed by atoms with Crippen LogP contribution in [0.4, 0.5) is 0 Å². The third-order valence-electron chi connectivity index (χ3n) is 0.799. The average molecular weight is 127 g/mol. The third-order valence-corrected chi connectivity index (χ3v) is 0.799. The van der Waals surface area contributed by atoms with Gasteiger partial charge in [-0.3, -0.25) is 0 Å². The SMILES string of the molecule is C=CC(=O)OC[CH]CC. The van der Waals surface area contributed by atoms with Gasteiger partial charge in [0.25, 0.3) is 0 Å². The lowest BCUT2D eigenvalue weighted by atomic mass is 10.4. The number of hydrogen-bond donors (Lipinski definition) is 0. The minimum atomic E-state index is -0.361. The Hall–Kier alpha value is -0.790. The topological polar surface area (TPSA) is 26.3 Å². The van der Waals surface area contributed by atoms with E-state index in [1.165, 1.54) is 0 Å². The zero-order valence-electron chi connectivity index (χ0n) is 5.59. The normalized spacial score (nSPS) is 8.56. The molecule has 0 aromatic rings. The van der Waals surface area contributed by atoms with E-state index in [-0.39, 0.29) is 5.97 Å². The molecule has 0 rings (SSSR count). The first kappa shape index (κ1) is 8.21. The Morgan fingerprint density at radius 2 is 2.44 bits per heavy atom. The largest absolute Gasteiger partial charge is 0.462 e. The van der Waals surface area contributed by atoms with E-state index in [0.29, 0.717) is 6.61 Å². The predicted octanol–water partition coefficient (Wildman–Crippen LogP) is 1.33. The highest BCUT2D eigenvalue weighted by Crippen LogP contribution is 1.86. The fourth-order valence-corrected chi connectivity index (χ4v) is 0.318. The van der Waals surface area contributed by atoms with Crippen LogP contribution in [-0.4, -0.2) is 12.6 Å². The second-order valence-electron chi connectivity index (χ2n) is 1.53. The molecule has 0 heterocycles. The van der Waals surface area contributed by atoms with Gasteiger partial charge in [0.15, 0.2) is 0 Å². The molecule has 9 heavy (non-hydrogen) atoms. The Morgan fingerprint density at radius 3 is 2.89 bits per heavy atom. The highest BCUT2D eigenvalue weighted by Gasteiger charge is 1.91. The van der Waals surface area contributed by atoms with E-state index in [4.69, 9.17) is 0 Å². The highest BCUT2D eigenvalue weighted by atomic mass is 16.5. The molecular weight excluding hydrogens is 116 g/mol. The Morgan fingerprint density at radius 1 is 1.78 bits per heavy atom. The van der Waals surface area contributed by atoms with Gasteiger partial charge in [-0.1, -0.05) is 13.5 Å². The first-order valence-corrected chi connectivity index (χ1v) is 2.92. The highest BCUT2D eigenvalue weighted by molar-refractivity contribution is 5.81. The van der Waals surface area contributed by atoms with Crippen LogP contribution in [-0.2, 0) is 9.53 Å². The van der Waals surface area contributed by atoms with E-state index in [1.54, 1.807) is 0 Å². The van der Waals surface area contributed by atoms with Gasteiger partial charge in [0.05, 0.1) is 6.61 Å². The van der Waals surface area contributed by atoms with Crippen molar-refractivity contribution in [3.8, 4) is 0 Å². The zero-order valence-corrected chi connectivity index (χ0v) is 5.59. The molecule has 2 nitrogen and oxygen atoms in total. The number of ether oxygens (including phenoxy) is 1. The molecular formula is C7H11O2. The minimum Gasteiger partial charge on any atom is -0.462 e. The molecule has 0 unspecified atom stereocenters. The van der Waals surface area contributed by atoms with E-state index >= 15 is 0 Å². The van der Waals surface area contributed by atoms with Gasteiger partial charge >= 0.3 is 5.97 Å². The summed E-state index contributed by atoms with van der Waals surface area (Å²) in [4.78, 5) is 10.3. The maximum atomic E-state index is 10.3. The molecule has 0 aliphatic heterocycles. The van der Waals surface area contributed by atoms with E-state index in [9.17, 15) is 4.79 Å². The molecule has 0 amide bonds. The minimum absolute atomic E-state index is 0.361. The summed E-state index contributed by atoms with van der Waals surface area (Å²) in [5, 5.41) is 0. The average Bonchev–Trinajstić information content (AvgIpc) is 1.89. The van der Waals surface area contributed by atoms with Crippen molar-refractivity contribution in [3.05, 3.63) is 19.1 Å². The molecule has 0 spiro atoms. The van der Waals surface area contributed by atoms with Gasteiger partial charge in [-0.2, -0.15) is 0 Å². The van der Waals surface area contributed by atoms with Gasteiger partial charge in [0, 0.05) is 6.08 Å². The Bertz CT molecular complexity index is 97.1. The van der Waals surface area contributed by atoms with E-state index in [1.807, 2.05) is 13.3 Å². The van der Waals surface area contributed by atoms with Crippen LogP contribution in [0.3, 0.4) is 0 Å². The van der Waals surface area contributed by atoms with Crippen molar-refractivity contribution >= 4 is 5.97 Å². The van der Waals surface area contributed by atoms with Crippen molar-refractivity contribution in [2.45, 2.75) is 13.3 Å². The van der Waals surface area contributed by atoms with E-state index in [2.05, 4.69) is 11.3 Å². The second kappa shape index (κ2) is 5.35. The van der Waals surface area contributed by atoms with E-state index < -0.39 is 0 Å². The van der Waals surface area contributed by atoms with Gasteiger partial charge in [0.2, 0.25) is 0 Å². The lowest BCUT2D eigenvalue weighted by Gasteiger charge is -1.96. The van der Waals surface area contributed by atoms with Crippen molar-refractivity contribution < 1.29 is 9.53 Å². The molecule has 51 valence electrons. The molecule has 0 atom stereocenters. The van der Waals surface area contributed by atoms with Crippen LogP contribution in [0.1, 0.15) is 13.3 Å². The molecule has 0 bridgehead atoms. The van der Waals surface area contributed by atoms with Crippen LogP contribution in [0.25, 0.3) is 0 Å². The van der Waals surface area contributed by atoms with Crippen molar-refractivity contribution in [1.82, 2.24) is 0 Å². The van der Waals surface area contributed by atoms with Gasteiger partial charge in [0.1, 0.15) is 0 Å². The fraction of sp³-hybridized carbons (Fsp3) is 0.429. The maximum Gasteiger partial charge on any atom is 0.330 e. The van der Waals surface area contributed by atoms with E-state index in [0.717, 1.165) is 12.5 Å². The number of esters is 1. The number of rotatable bonds is 4. The molecule has 0 aliphatic carbocycles. The smallest absolute Gasteiger partial charge is 0.330 e. The maximum absolute atomic E-state index is 10.3. The Labute approximate surface area is 55.5 Å². The van der Waals surface area contributed by atoms with Crippen molar-refractivity contribution in [1.29, 1.82) is 0 Å². The van der Waals surface area contributed by atoms with Crippen LogP contribution in [0.2, 0.25) is 0 Å². The van der Waals surface area contributed by atoms with Crippen LogP contribution in [0, 0.1) is 6.42 Å². The van der Waals surface area contributed by atoms with Gasteiger partial charge < -0.3 is 4.74 Å². The molecule has 0 aromatic heterocycles. The fourth-order valence-electron chi connectivity index (χ4n) is 0.318. The molecule has 0 N–H and O–H groups in total. The molecule has 0 aliphatic rings. The summed E-state index contributed by atoms with van der Waals surface area (Å²) in [5.41, 5.74) is 0. The Kier molecular flexibility index (Phi) is 4.88. The second-order valence-corrected chi connectivity index (χ2v) is 1.53. The number of carbonyl (C=O) groups excluding carboxylic acids is 1. The van der Waals surface area contributed by atoms with Gasteiger partial charge in [-0.25, -0.2) is 4.79 Å². The van der Waals surface area contributed by atoms with Crippen molar-refractivity contribution in [2.75, 3.05) is 6.61 Å². The number of unbranched alkanes of at least 4 members (excludes halogenated alkanes) is 1. The van der Waals surface area contributed by atoms with Crippen LogP contribution in [0.15, 0.2) is 12.7 Å². The summed E-state index contributed by atoms with van der Waals surface area (Å²) >= 11 is 0. The molecule has 2 heteroatoms. The van der Waals surface area contributed by atoms with Crippen LogP contribution >= 0.6 is 0 Å². The molecule has 0 fully saturated rings. The standard InChI is InChI=1S/C7H11O2/c1-3-5-6-9-7(8)4-2/h4-5H,2-3,6H2,1H3. The van der Waals surface area contributed by atoms with Crippen molar-refractivity contribution in [2.24, 2.45) is 0 Å². The summed E-state index contributed by atoms with van der Waals surface area (Å²) in [6.07, 6.45) is 3.95. The lowest BCUT2D eigenvalue weighted by molar-refractivity contribution is -0.136. The van der Waals surface area contributed by atoms with Crippen molar-refractivity contribution in [3.63, 3.8) is 0 Å². The third kappa shape index (κ3) is 5.07. The molecule has 0 saturated heterocycles. The van der Waals surface area contributed by atoms with Gasteiger partial charge in [-0.05, 0) is 12.8 Å². The predicted molar refractivity (Wildman–Crippen MR) is 35.7 cm³/mol. The molecule has 0 saturated carbocycles. The lowest BCUT2D eigenvalue weighted by Crippen LogP contribution is -2.01. The summed E-state index contributed by atoms with van der Waals surface area (Å²) in [5.74, 6) is -0.361.